The van der Waals surface area contributed by atoms with Crippen molar-refractivity contribution in [3.8, 4) is 0 Å². The quantitative estimate of drug-likeness (QED) is 0.773. The second kappa shape index (κ2) is 8.84. The van der Waals surface area contributed by atoms with Crippen LogP contribution in [0.1, 0.15) is 57.8 Å². The summed E-state index contributed by atoms with van der Waals surface area (Å²) in [6.07, 6.45) is 10.7. The summed E-state index contributed by atoms with van der Waals surface area (Å²) >= 11 is 0. The largest absolute Gasteiger partial charge is 0.342 e. The molecule has 0 spiro atoms. The molecule has 2 aliphatic heterocycles. The molecule has 0 bridgehead atoms. The van der Waals surface area contributed by atoms with Gasteiger partial charge in [-0.3, -0.25) is 14.5 Å². The normalized spacial score (nSPS) is 23.7. The summed E-state index contributed by atoms with van der Waals surface area (Å²) < 4.78 is 0. The Morgan fingerprint density at radius 1 is 0.708 bits per heavy atom. The summed E-state index contributed by atoms with van der Waals surface area (Å²) in [5.41, 5.74) is 0. The van der Waals surface area contributed by atoms with E-state index in [4.69, 9.17) is 0 Å². The van der Waals surface area contributed by atoms with Crippen LogP contribution >= 0.6 is 0 Å². The van der Waals surface area contributed by atoms with Gasteiger partial charge in [-0.1, -0.05) is 25.7 Å². The topological polar surface area (TPSA) is 43.9 Å². The fourth-order valence-electron chi connectivity index (χ4n) is 4.37. The summed E-state index contributed by atoms with van der Waals surface area (Å²) in [4.78, 5) is 30.9. The Bertz CT molecular complexity index is 420. The molecule has 2 amide bonds. The number of rotatable bonds is 5. The van der Waals surface area contributed by atoms with E-state index in [0.717, 1.165) is 70.9 Å². The Labute approximate surface area is 146 Å². The number of piperazine rings is 1. The van der Waals surface area contributed by atoms with Gasteiger partial charge in [0.15, 0.2) is 0 Å². The van der Waals surface area contributed by atoms with Crippen LogP contribution in [0.15, 0.2) is 0 Å². The van der Waals surface area contributed by atoms with Crippen LogP contribution in [-0.2, 0) is 9.59 Å². The Morgan fingerprint density at radius 2 is 1.33 bits per heavy atom. The summed E-state index contributed by atoms with van der Waals surface area (Å²) in [6.45, 7) is 5.65. The van der Waals surface area contributed by atoms with E-state index >= 15 is 0 Å². The van der Waals surface area contributed by atoms with E-state index in [0.29, 0.717) is 12.5 Å². The fraction of sp³-hybridized carbons (Fsp3) is 0.895. The van der Waals surface area contributed by atoms with Crippen molar-refractivity contribution < 1.29 is 9.59 Å². The van der Waals surface area contributed by atoms with Gasteiger partial charge in [-0.2, -0.15) is 0 Å². The van der Waals surface area contributed by atoms with Gasteiger partial charge in [0.25, 0.3) is 0 Å². The SMILES string of the molecule is O=C(CCC1CCCC1)N1CCN(CC(=O)N2CCCCC2)CC1. The zero-order valence-electron chi connectivity index (χ0n) is 15.0. The lowest BCUT2D eigenvalue weighted by atomic mass is 10.0. The molecule has 0 N–H and O–H groups in total. The predicted molar refractivity (Wildman–Crippen MR) is 94.6 cm³/mol. The van der Waals surface area contributed by atoms with Crippen LogP contribution in [0, 0.1) is 5.92 Å². The van der Waals surface area contributed by atoms with E-state index in [1.54, 1.807) is 0 Å². The van der Waals surface area contributed by atoms with Crippen molar-refractivity contribution in [1.82, 2.24) is 14.7 Å². The minimum absolute atomic E-state index is 0.274. The second-order valence-corrected chi connectivity index (χ2v) is 7.79. The van der Waals surface area contributed by atoms with Crippen LogP contribution in [-0.4, -0.2) is 72.3 Å². The molecule has 1 saturated carbocycles. The molecule has 24 heavy (non-hydrogen) atoms. The molecule has 1 aliphatic carbocycles. The summed E-state index contributed by atoms with van der Waals surface area (Å²) in [7, 11) is 0. The summed E-state index contributed by atoms with van der Waals surface area (Å²) in [5, 5.41) is 0. The number of nitrogens with zero attached hydrogens (tertiary/aromatic N) is 3. The third kappa shape index (κ3) is 4.95. The molecule has 3 rings (SSSR count). The highest BCUT2D eigenvalue weighted by Crippen LogP contribution is 2.28. The Kier molecular flexibility index (Phi) is 6.52. The molecule has 0 radical (unpaired) electrons. The van der Waals surface area contributed by atoms with Gasteiger partial charge in [0, 0.05) is 45.7 Å². The van der Waals surface area contributed by atoms with Crippen LogP contribution in [0.5, 0.6) is 0 Å². The Balaban J connectivity index is 1.34. The van der Waals surface area contributed by atoms with E-state index in [1.165, 1.54) is 32.1 Å². The maximum absolute atomic E-state index is 12.4. The van der Waals surface area contributed by atoms with Gasteiger partial charge in [0.05, 0.1) is 6.54 Å². The molecule has 0 aromatic carbocycles. The molecule has 2 saturated heterocycles. The first-order valence-corrected chi connectivity index (χ1v) is 10.0. The van der Waals surface area contributed by atoms with Gasteiger partial charge >= 0.3 is 0 Å². The van der Waals surface area contributed by atoms with Crippen LogP contribution in [0.25, 0.3) is 0 Å². The van der Waals surface area contributed by atoms with E-state index in [9.17, 15) is 9.59 Å². The van der Waals surface area contributed by atoms with Crippen molar-refractivity contribution in [2.75, 3.05) is 45.8 Å². The lowest BCUT2D eigenvalue weighted by Crippen LogP contribution is -2.52. The van der Waals surface area contributed by atoms with E-state index in [1.807, 2.05) is 9.80 Å². The van der Waals surface area contributed by atoms with Crippen molar-refractivity contribution in [3.05, 3.63) is 0 Å². The standard InChI is InChI=1S/C19H33N3O2/c23-18(9-8-17-6-2-3-7-17)22-14-12-20(13-15-22)16-19(24)21-10-4-1-5-11-21/h17H,1-16H2. The van der Waals surface area contributed by atoms with Crippen molar-refractivity contribution in [3.63, 3.8) is 0 Å². The number of hydrogen-bond donors (Lipinski definition) is 0. The highest BCUT2D eigenvalue weighted by Gasteiger charge is 2.25. The zero-order valence-corrected chi connectivity index (χ0v) is 15.0. The fourth-order valence-corrected chi connectivity index (χ4v) is 4.37. The highest BCUT2D eigenvalue weighted by molar-refractivity contribution is 5.78. The zero-order chi connectivity index (χ0) is 16.8. The molecule has 0 aromatic rings. The molecule has 2 heterocycles. The average Bonchev–Trinajstić information content (AvgIpc) is 3.14. The maximum atomic E-state index is 12.4. The second-order valence-electron chi connectivity index (χ2n) is 7.79. The Morgan fingerprint density at radius 3 is 2.00 bits per heavy atom. The monoisotopic (exact) mass is 335 g/mol. The molecule has 136 valence electrons. The number of carbonyl (C=O) groups excluding carboxylic acids is 2. The molecular formula is C19H33N3O2. The number of amides is 2. The third-order valence-electron chi connectivity index (χ3n) is 6.03. The highest BCUT2D eigenvalue weighted by atomic mass is 16.2. The maximum Gasteiger partial charge on any atom is 0.236 e. The Hall–Kier alpha value is -1.10. The van der Waals surface area contributed by atoms with Crippen molar-refractivity contribution in [2.24, 2.45) is 5.92 Å². The van der Waals surface area contributed by atoms with Crippen LogP contribution in [0.4, 0.5) is 0 Å². The lowest BCUT2D eigenvalue weighted by molar-refractivity contribution is -0.135. The van der Waals surface area contributed by atoms with Gasteiger partial charge in [0.1, 0.15) is 0 Å². The number of hydrogen-bond acceptors (Lipinski definition) is 3. The van der Waals surface area contributed by atoms with Gasteiger partial charge in [0.2, 0.25) is 11.8 Å². The summed E-state index contributed by atoms with van der Waals surface area (Å²) in [5.74, 6) is 1.39. The lowest BCUT2D eigenvalue weighted by Gasteiger charge is -2.36. The smallest absolute Gasteiger partial charge is 0.236 e. The van der Waals surface area contributed by atoms with E-state index in [-0.39, 0.29) is 5.91 Å². The van der Waals surface area contributed by atoms with Gasteiger partial charge in [-0.15, -0.1) is 0 Å². The molecule has 5 nitrogen and oxygen atoms in total. The molecular weight excluding hydrogens is 302 g/mol. The van der Waals surface area contributed by atoms with Gasteiger partial charge in [-0.25, -0.2) is 0 Å². The minimum atomic E-state index is 0.274. The van der Waals surface area contributed by atoms with Crippen LogP contribution in [0.2, 0.25) is 0 Å². The van der Waals surface area contributed by atoms with Crippen LogP contribution < -0.4 is 0 Å². The number of carbonyl (C=O) groups is 2. The van der Waals surface area contributed by atoms with Crippen LogP contribution in [0.3, 0.4) is 0 Å². The minimum Gasteiger partial charge on any atom is -0.342 e. The third-order valence-corrected chi connectivity index (χ3v) is 6.03. The number of likely N-dealkylation sites (tertiary alicyclic amines) is 1. The molecule has 0 unspecified atom stereocenters. The summed E-state index contributed by atoms with van der Waals surface area (Å²) in [6, 6.07) is 0. The molecule has 3 fully saturated rings. The first-order chi connectivity index (χ1) is 11.7. The molecule has 0 aromatic heterocycles. The van der Waals surface area contributed by atoms with Crippen molar-refractivity contribution in [1.29, 1.82) is 0 Å². The first kappa shape index (κ1) is 17.7. The van der Waals surface area contributed by atoms with E-state index in [2.05, 4.69) is 4.90 Å². The molecule has 3 aliphatic rings. The predicted octanol–water partition coefficient (Wildman–Crippen LogP) is 2.11. The first-order valence-electron chi connectivity index (χ1n) is 10.0. The number of piperidine rings is 1. The molecule has 5 heteroatoms. The van der Waals surface area contributed by atoms with Gasteiger partial charge < -0.3 is 9.80 Å². The van der Waals surface area contributed by atoms with E-state index < -0.39 is 0 Å². The van der Waals surface area contributed by atoms with Crippen molar-refractivity contribution >= 4 is 11.8 Å². The van der Waals surface area contributed by atoms with Gasteiger partial charge in [-0.05, 0) is 31.6 Å². The van der Waals surface area contributed by atoms with Crippen molar-refractivity contribution in [2.45, 2.75) is 57.8 Å². The molecule has 0 atom stereocenters. The average molecular weight is 335 g/mol.